The monoisotopic (exact) mass is 231 g/mol. The average Bonchev–Trinajstić information content (AvgIpc) is 2.73. The Kier molecular flexibility index (Phi) is 3.18. The van der Waals surface area contributed by atoms with Crippen molar-refractivity contribution < 1.29 is 9.53 Å². The van der Waals surface area contributed by atoms with Crippen LogP contribution < -0.4 is 0 Å². The number of esters is 1. The normalized spacial score (nSPS) is 10.2. The van der Waals surface area contributed by atoms with Crippen LogP contribution in [0.3, 0.4) is 0 Å². The van der Waals surface area contributed by atoms with E-state index in [-0.39, 0.29) is 0 Å². The van der Waals surface area contributed by atoms with Crippen molar-refractivity contribution in [2.24, 2.45) is 7.05 Å². The molecule has 0 fully saturated rings. The van der Waals surface area contributed by atoms with Crippen molar-refractivity contribution in [2.45, 2.75) is 6.92 Å². The van der Waals surface area contributed by atoms with Gasteiger partial charge in [0.2, 0.25) is 0 Å². The first-order chi connectivity index (χ1) is 8.22. The van der Waals surface area contributed by atoms with Crippen LogP contribution in [0.1, 0.15) is 17.4 Å². The summed E-state index contributed by atoms with van der Waals surface area (Å²) in [5.74, 6) is -0.412. The summed E-state index contributed by atoms with van der Waals surface area (Å²) in [6, 6.07) is 7.28. The Labute approximate surface area is 99.1 Å². The van der Waals surface area contributed by atoms with Crippen LogP contribution in [-0.2, 0) is 11.8 Å². The number of aryl methyl sites for hydroxylation is 1. The van der Waals surface area contributed by atoms with Crippen molar-refractivity contribution in [1.29, 1.82) is 0 Å². The molecule has 0 bridgehead atoms. The Bertz CT molecular complexity index is 520. The maximum Gasteiger partial charge on any atom is 0.358 e. The van der Waals surface area contributed by atoms with Gasteiger partial charge in [-0.25, -0.2) is 4.79 Å². The first kappa shape index (κ1) is 11.3. The largest absolute Gasteiger partial charge is 0.461 e. The van der Waals surface area contributed by atoms with Crippen molar-refractivity contribution in [3.63, 3.8) is 0 Å². The molecular weight excluding hydrogens is 218 g/mol. The minimum atomic E-state index is -0.412. The van der Waals surface area contributed by atoms with Crippen molar-refractivity contribution in [3.05, 3.63) is 36.2 Å². The molecule has 2 aromatic rings. The minimum absolute atomic E-state index is 0.301. The molecule has 0 saturated heterocycles. The fourth-order valence-electron chi connectivity index (χ4n) is 1.53. The van der Waals surface area contributed by atoms with E-state index < -0.39 is 5.97 Å². The first-order valence-electron chi connectivity index (χ1n) is 5.35. The van der Waals surface area contributed by atoms with E-state index >= 15 is 0 Å². The third-order valence-corrected chi connectivity index (χ3v) is 2.29. The summed E-state index contributed by atoms with van der Waals surface area (Å²) in [5, 5.41) is 4.11. The van der Waals surface area contributed by atoms with Gasteiger partial charge >= 0.3 is 5.97 Å². The Morgan fingerprint density at radius 3 is 2.94 bits per heavy atom. The van der Waals surface area contributed by atoms with Crippen LogP contribution in [0.4, 0.5) is 0 Å². The zero-order valence-corrected chi connectivity index (χ0v) is 9.75. The Hall–Kier alpha value is -2.17. The van der Waals surface area contributed by atoms with Crippen LogP contribution in [0.5, 0.6) is 0 Å². The van der Waals surface area contributed by atoms with Crippen LogP contribution >= 0.6 is 0 Å². The Morgan fingerprint density at radius 2 is 2.29 bits per heavy atom. The lowest BCUT2D eigenvalue weighted by Crippen LogP contribution is -2.05. The van der Waals surface area contributed by atoms with Crippen LogP contribution in [0.15, 0.2) is 30.5 Å². The van der Waals surface area contributed by atoms with Gasteiger partial charge in [-0.05, 0) is 19.1 Å². The molecule has 0 saturated carbocycles. The van der Waals surface area contributed by atoms with Crippen LogP contribution in [0.25, 0.3) is 11.4 Å². The fraction of sp³-hybridized carbons (Fsp3) is 0.250. The number of pyridine rings is 1. The van der Waals surface area contributed by atoms with Crippen molar-refractivity contribution in [3.8, 4) is 11.4 Å². The molecule has 0 atom stereocenters. The summed E-state index contributed by atoms with van der Waals surface area (Å²) in [4.78, 5) is 15.7. The van der Waals surface area contributed by atoms with E-state index in [1.165, 1.54) is 0 Å². The van der Waals surface area contributed by atoms with Gasteiger partial charge < -0.3 is 4.74 Å². The number of carbonyl (C=O) groups excluding carboxylic acids is 1. The summed E-state index contributed by atoms with van der Waals surface area (Å²) < 4.78 is 6.52. The van der Waals surface area contributed by atoms with E-state index in [1.54, 1.807) is 30.9 Å². The number of rotatable bonds is 3. The molecule has 0 N–H and O–H groups in total. The van der Waals surface area contributed by atoms with Crippen LogP contribution in [0, 0.1) is 0 Å². The fourth-order valence-corrected chi connectivity index (χ4v) is 1.53. The number of nitrogens with zero attached hydrogens (tertiary/aromatic N) is 3. The third-order valence-electron chi connectivity index (χ3n) is 2.29. The lowest BCUT2D eigenvalue weighted by molar-refractivity contribution is 0.0518. The maximum absolute atomic E-state index is 11.5. The van der Waals surface area contributed by atoms with Crippen molar-refractivity contribution in [1.82, 2.24) is 14.8 Å². The molecule has 2 rings (SSSR count). The lowest BCUT2D eigenvalue weighted by Gasteiger charge is -1.98. The number of carbonyl (C=O) groups is 1. The number of hydrogen-bond acceptors (Lipinski definition) is 4. The Balaban J connectivity index is 2.35. The van der Waals surface area contributed by atoms with E-state index in [1.807, 2.05) is 18.2 Å². The van der Waals surface area contributed by atoms with Crippen molar-refractivity contribution >= 4 is 5.97 Å². The van der Waals surface area contributed by atoms with Gasteiger partial charge in [-0.15, -0.1) is 0 Å². The minimum Gasteiger partial charge on any atom is -0.461 e. The molecule has 17 heavy (non-hydrogen) atoms. The van der Waals surface area contributed by atoms with Gasteiger partial charge in [0.1, 0.15) is 0 Å². The maximum atomic E-state index is 11.5. The molecule has 88 valence electrons. The van der Waals surface area contributed by atoms with E-state index in [2.05, 4.69) is 10.1 Å². The first-order valence-corrected chi connectivity index (χ1v) is 5.35. The van der Waals surface area contributed by atoms with Crippen molar-refractivity contribution in [2.75, 3.05) is 6.61 Å². The highest BCUT2D eigenvalue weighted by molar-refractivity contribution is 5.88. The number of ether oxygens (including phenoxy) is 1. The van der Waals surface area contributed by atoms with E-state index in [9.17, 15) is 4.79 Å². The highest BCUT2D eigenvalue weighted by atomic mass is 16.5. The van der Waals surface area contributed by atoms with Gasteiger partial charge in [0, 0.05) is 19.3 Å². The van der Waals surface area contributed by atoms with E-state index in [4.69, 9.17) is 4.74 Å². The molecule has 0 spiro atoms. The van der Waals surface area contributed by atoms with Gasteiger partial charge in [0.15, 0.2) is 5.69 Å². The molecule has 0 unspecified atom stereocenters. The van der Waals surface area contributed by atoms with Gasteiger partial charge in [-0.2, -0.15) is 5.10 Å². The molecule has 5 nitrogen and oxygen atoms in total. The highest BCUT2D eigenvalue weighted by Gasteiger charge is 2.14. The lowest BCUT2D eigenvalue weighted by atomic mass is 10.2. The standard InChI is InChI=1S/C12H13N3O2/c1-3-17-12(16)10-8-11(15(2)14-10)9-6-4-5-7-13-9/h4-8H,3H2,1-2H3. The molecule has 0 aliphatic carbocycles. The smallest absolute Gasteiger partial charge is 0.358 e. The van der Waals surface area contributed by atoms with Gasteiger partial charge in [0.25, 0.3) is 0 Å². The molecule has 0 radical (unpaired) electrons. The summed E-state index contributed by atoms with van der Waals surface area (Å²) in [6.45, 7) is 2.11. The zero-order valence-electron chi connectivity index (χ0n) is 9.75. The second-order valence-corrected chi connectivity index (χ2v) is 3.47. The molecule has 2 heterocycles. The molecule has 0 aromatic carbocycles. The van der Waals surface area contributed by atoms with E-state index in [0.717, 1.165) is 11.4 Å². The van der Waals surface area contributed by atoms with E-state index in [0.29, 0.717) is 12.3 Å². The molecule has 0 aliphatic heterocycles. The number of hydrogen-bond donors (Lipinski definition) is 0. The molecule has 0 amide bonds. The van der Waals surface area contributed by atoms with Gasteiger partial charge in [0.05, 0.1) is 18.0 Å². The van der Waals surface area contributed by atoms with Crippen LogP contribution in [0.2, 0.25) is 0 Å². The second kappa shape index (κ2) is 4.78. The molecule has 2 aromatic heterocycles. The SMILES string of the molecule is CCOC(=O)c1cc(-c2ccccn2)n(C)n1. The zero-order chi connectivity index (χ0) is 12.3. The predicted octanol–water partition coefficient (Wildman–Crippen LogP) is 1.66. The predicted molar refractivity (Wildman–Crippen MR) is 62.4 cm³/mol. The summed E-state index contributed by atoms with van der Waals surface area (Å²) >= 11 is 0. The molecular formula is C12H13N3O2. The molecule has 5 heteroatoms. The summed E-state index contributed by atoms with van der Waals surface area (Å²) in [5.41, 5.74) is 1.86. The highest BCUT2D eigenvalue weighted by Crippen LogP contribution is 2.17. The third kappa shape index (κ3) is 2.33. The van der Waals surface area contributed by atoms with Crippen LogP contribution in [-0.4, -0.2) is 27.3 Å². The van der Waals surface area contributed by atoms with Gasteiger partial charge in [-0.1, -0.05) is 6.07 Å². The average molecular weight is 231 g/mol. The molecule has 0 aliphatic rings. The second-order valence-electron chi connectivity index (χ2n) is 3.47. The topological polar surface area (TPSA) is 57.0 Å². The summed E-state index contributed by atoms with van der Waals surface area (Å²) in [6.07, 6.45) is 1.70. The summed E-state index contributed by atoms with van der Waals surface area (Å²) in [7, 11) is 1.77. The van der Waals surface area contributed by atoms with Gasteiger partial charge in [-0.3, -0.25) is 9.67 Å². The number of aromatic nitrogens is 3. The quantitative estimate of drug-likeness (QED) is 0.754. The Morgan fingerprint density at radius 1 is 1.47 bits per heavy atom.